The Hall–Kier alpha value is 0.0500. The van der Waals surface area contributed by atoms with E-state index in [9.17, 15) is 4.79 Å². The molecule has 4 aliphatic rings. The first-order chi connectivity index (χ1) is 9.84. The van der Waals surface area contributed by atoms with Crippen LogP contribution in [0.15, 0.2) is 0 Å². The van der Waals surface area contributed by atoms with Gasteiger partial charge in [0.15, 0.2) is 0 Å². The van der Waals surface area contributed by atoms with Crippen LogP contribution in [0.1, 0.15) is 52.4 Å². The maximum Gasteiger partial charge on any atom is 0.228 e. The fraction of sp³-hybridized carbons (Fsp3) is 0.941. The van der Waals surface area contributed by atoms with Crippen LogP contribution in [0.4, 0.5) is 0 Å². The average molecular weight is 332 g/mol. The molecule has 2 atom stereocenters. The number of carbonyl (C=O) groups excluding carboxylic acids is 1. The summed E-state index contributed by atoms with van der Waals surface area (Å²) in [5.74, 6) is 2.08. The van der Waals surface area contributed by atoms with Crippen molar-refractivity contribution in [1.82, 2.24) is 4.90 Å². The minimum absolute atomic E-state index is 0.124. The Morgan fingerprint density at radius 3 is 1.95 bits per heavy atom. The number of rotatable bonds is 5. The lowest BCUT2D eigenvalue weighted by molar-refractivity contribution is -0.179. The van der Waals surface area contributed by atoms with Gasteiger partial charge >= 0.3 is 0 Å². The van der Waals surface area contributed by atoms with Crippen molar-refractivity contribution in [3.8, 4) is 0 Å². The van der Waals surface area contributed by atoms with E-state index in [2.05, 4.69) is 13.8 Å². The van der Waals surface area contributed by atoms with Crippen LogP contribution >= 0.6 is 23.2 Å². The van der Waals surface area contributed by atoms with E-state index < -0.39 is 0 Å². The van der Waals surface area contributed by atoms with Gasteiger partial charge in [0, 0.05) is 24.8 Å². The van der Waals surface area contributed by atoms with Crippen LogP contribution in [0, 0.1) is 22.2 Å². The second-order valence-electron chi connectivity index (χ2n) is 8.58. The molecular formula is C17H27Cl2NO. The number of hydrogen-bond acceptors (Lipinski definition) is 1. The van der Waals surface area contributed by atoms with Crippen LogP contribution in [-0.4, -0.2) is 35.7 Å². The fourth-order valence-corrected chi connectivity index (χ4v) is 6.95. The van der Waals surface area contributed by atoms with Gasteiger partial charge < -0.3 is 4.90 Å². The normalized spacial score (nSPS) is 44.1. The van der Waals surface area contributed by atoms with E-state index in [1.807, 2.05) is 4.90 Å². The molecule has 0 aromatic rings. The summed E-state index contributed by atoms with van der Waals surface area (Å²) >= 11 is 11.8. The minimum atomic E-state index is -0.124. The predicted molar refractivity (Wildman–Crippen MR) is 87.9 cm³/mol. The molecular weight excluding hydrogens is 305 g/mol. The van der Waals surface area contributed by atoms with Gasteiger partial charge in [-0.1, -0.05) is 13.8 Å². The molecule has 4 bridgehead atoms. The van der Waals surface area contributed by atoms with Crippen molar-refractivity contribution in [1.29, 1.82) is 0 Å². The van der Waals surface area contributed by atoms with Crippen LogP contribution in [0.25, 0.3) is 0 Å². The predicted octanol–water partition coefficient (Wildman–Crippen LogP) is 4.29. The summed E-state index contributed by atoms with van der Waals surface area (Å²) < 4.78 is 0. The standard InChI is InChI=1S/C17H27Cl2NO/c1-15-7-13-8-16(2,10-15)12-17(9-13,11-15)14(21)20(5-3-18)6-4-19/h13H,3-12H2,1-2H3. The molecule has 0 aromatic carbocycles. The zero-order valence-electron chi connectivity index (χ0n) is 13.3. The number of amides is 1. The Bertz CT molecular complexity index is 415. The highest BCUT2D eigenvalue weighted by atomic mass is 35.5. The molecule has 2 unspecified atom stereocenters. The number of hydrogen-bond donors (Lipinski definition) is 0. The average Bonchev–Trinajstić information content (AvgIpc) is 2.33. The molecule has 4 fully saturated rings. The largest absolute Gasteiger partial charge is 0.340 e. The lowest BCUT2D eigenvalue weighted by Gasteiger charge is -2.65. The van der Waals surface area contributed by atoms with E-state index in [0.717, 1.165) is 25.2 Å². The van der Waals surface area contributed by atoms with Crippen molar-refractivity contribution in [3.05, 3.63) is 0 Å². The van der Waals surface area contributed by atoms with E-state index in [0.29, 0.717) is 41.6 Å². The Labute approximate surface area is 138 Å². The fourth-order valence-electron chi connectivity index (χ4n) is 6.54. The van der Waals surface area contributed by atoms with Crippen molar-refractivity contribution < 1.29 is 4.79 Å². The van der Waals surface area contributed by atoms with Crippen molar-refractivity contribution in [2.45, 2.75) is 52.4 Å². The summed E-state index contributed by atoms with van der Waals surface area (Å²) in [5.41, 5.74) is 0.621. The van der Waals surface area contributed by atoms with Crippen LogP contribution in [0.3, 0.4) is 0 Å². The zero-order valence-corrected chi connectivity index (χ0v) is 14.8. The second-order valence-corrected chi connectivity index (χ2v) is 9.34. The Kier molecular flexibility index (Phi) is 4.02. The summed E-state index contributed by atoms with van der Waals surface area (Å²) in [7, 11) is 0. The molecule has 1 amide bonds. The molecule has 120 valence electrons. The van der Waals surface area contributed by atoms with Crippen LogP contribution in [0.5, 0.6) is 0 Å². The SMILES string of the molecule is CC12CC3CC(C)(C1)CC(C(=O)N(CCCl)CCCl)(C3)C2. The van der Waals surface area contributed by atoms with E-state index >= 15 is 0 Å². The highest BCUT2D eigenvalue weighted by Crippen LogP contribution is 2.69. The zero-order chi connectivity index (χ0) is 15.3. The Morgan fingerprint density at radius 1 is 1.00 bits per heavy atom. The molecule has 0 radical (unpaired) electrons. The number of carbonyl (C=O) groups is 1. The third kappa shape index (κ3) is 2.72. The molecule has 4 heteroatoms. The summed E-state index contributed by atoms with van der Waals surface area (Å²) in [4.78, 5) is 15.2. The van der Waals surface area contributed by atoms with Crippen LogP contribution < -0.4 is 0 Å². The maximum absolute atomic E-state index is 13.3. The van der Waals surface area contributed by atoms with E-state index in [1.54, 1.807) is 0 Å². The molecule has 21 heavy (non-hydrogen) atoms. The summed E-state index contributed by atoms with van der Waals surface area (Å²) in [5, 5.41) is 0. The quantitative estimate of drug-likeness (QED) is 0.688. The monoisotopic (exact) mass is 331 g/mol. The number of halogens is 2. The molecule has 4 saturated carbocycles. The smallest absolute Gasteiger partial charge is 0.228 e. The van der Waals surface area contributed by atoms with Crippen molar-refractivity contribution in [2.24, 2.45) is 22.2 Å². The number of nitrogens with zero attached hydrogens (tertiary/aromatic N) is 1. The molecule has 0 spiro atoms. The van der Waals surface area contributed by atoms with Gasteiger partial charge in [0.25, 0.3) is 0 Å². The summed E-state index contributed by atoms with van der Waals surface area (Å²) in [6.45, 7) is 6.08. The van der Waals surface area contributed by atoms with Gasteiger partial charge in [0.2, 0.25) is 5.91 Å². The Morgan fingerprint density at radius 2 is 1.52 bits per heavy atom. The van der Waals surface area contributed by atoms with E-state index in [-0.39, 0.29) is 5.41 Å². The van der Waals surface area contributed by atoms with Gasteiger partial charge in [0.1, 0.15) is 0 Å². The molecule has 0 N–H and O–H groups in total. The molecule has 4 rings (SSSR count). The molecule has 0 aromatic heterocycles. The van der Waals surface area contributed by atoms with Gasteiger partial charge in [-0.25, -0.2) is 0 Å². The van der Waals surface area contributed by atoms with Crippen LogP contribution in [0.2, 0.25) is 0 Å². The third-order valence-electron chi connectivity index (χ3n) is 6.08. The van der Waals surface area contributed by atoms with Gasteiger partial charge in [0.05, 0.1) is 5.41 Å². The summed E-state index contributed by atoms with van der Waals surface area (Å²) in [6.07, 6.45) is 7.19. The van der Waals surface area contributed by atoms with E-state index in [1.165, 1.54) is 19.3 Å². The first kappa shape index (κ1) is 15.9. The maximum atomic E-state index is 13.3. The molecule has 2 nitrogen and oxygen atoms in total. The second kappa shape index (κ2) is 5.30. The third-order valence-corrected chi connectivity index (χ3v) is 6.41. The van der Waals surface area contributed by atoms with Gasteiger partial charge in [-0.2, -0.15) is 0 Å². The van der Waals surface area contributed by atoms with Gasteiger partial charge in [-0.15, -0.1) is 23.2 Å². The first-order valence-electron chi connectivity index (χ1n) is 8.25. The molecule has 0 heterocycles. The lowest BCUT2D eigenvalue weighted by atomic mass is 9.40. The van der Waals surface area contributed by atoms with Gasteiger partial charge in [-0.05, 0) is 55.3 Å². The number of alkyl halides is 2. The van der Waals surface area contributed by atoms with Crippen molar-refractivity contribution in [3.63, 3.8) is 0 Å². The van der Waals surface area contributed by atoms with E-state index in [4.69, 9.17) is 23.2 Å². The molecule has 0 saturated heterocycles. The van der Waals surface area contributed by atoms with Crippen molar-refractivity contribution in [2.75, 3.05) is 24.8 Å². The summed E-state index contributed by atoms with van der Waals surface area (Å²) in [6, 6.07) is 0. The molecule has 0 aliphatic heterocycles. The first-order valence-corrected chi connectivity index (χ1v) is 9.32. The minimum Gasteiger partial charge on any atom is -0.340 e. The topological polar surface area (TPSA) is 20.3 Å². The lowest BCUT2D eigenvalue weighted by Crippen LogP contribution is -2.60. The molecule has 4 aliphatic carbocycles. The van der Waals surface area contributed by atoms with Crippen molar-refractivity contribution >= 4 is 29.1 Å². The highest BCUT2D eigenvalue weighted by Gasteiger charge is 2.63. The highest BCUT2D eigenvalue weighted by molar-refractivity contribution is 6.18. The Balaban J connectivity index is 1.88. The van der Waals surface area contributed by atoms with Crippen LogP contribution in [-0.2, 0) is 4.79 Å². The van der Waals surface area contributed by atoms with Gasteiger partial charge in [-0.3, -0.25) is 4.79 Å².